The van der Waals surface area contributed by atoms with Crippen molar-refractivity contribution in [1.82, 2.24) is 19.7 Å². The van der Waals surface area contributed by atoms with Crippen LogP contribution in [0.5, 0.6) is 0 Å². The molecular formula is C30H45FN6. The number of amidine groups is 1. The van der Waals surface area contributed by atoms with E-state index in [2.05, 4.69) is 46.7 Å². The Labute approximate surface area is 223 Å². The van der Waals surface area contributed by atoms with E-state index in [4.69, 9.17) is 4.99 Å². The first-order valence-electron chi connectivity index (χ1n) is 12.9. The third-order valence-electron chi connectivity index (χ3n) is 6.99. The number of allylic oxidation sites excluding steroid dienone is 2. The number of hydrogen-bond donors (Lipinski definition) is 1. The van der Waals surface area contributed by atoms with Crippen molar-refractivity contribution in [2.75, 3.05) is 65.7 Å². The molecule has 2 aliphatic rings. The van der Waals surface area contributed by atoms with Gasteiger partial charge in [-0.3, -0.25) is 4.99 Å². The molecule has 1 fully saturated rings. The highest BCUT2D eigenvalue weighted by atomic mass is 19.1. The lowest BCUT2D eigenvalue weighted by molar-refractivity contribution is 0.215. The highest BCUT2D eigenvalue weighted by molar-refractivity contribution is 5.94. The predicted octanol–water partition coefficient (Wildman–Crippen LogP) is 5.76. The second kappa shape index (κ2) is 12.9. The third kappa shape index (κ3) is 7.19. The van der Waals surface area contributed by atoms with Gasteiger partial charge in [0.1, 0.15) is 17.5 Å². The van der Waals surface area contributed by atoms with Crippen molar-refractivity contribution in [2.45, 2.75) is 27.2 Å². The normalized spacial score (nSPS) is 18.7. The summed E-state index contributed by atoms with van der Waals surface area (Å²) >= 11 is 0. The minimum atomic E-state index is -0.271. The first-order chi connectivity index (χ1) is 17.3. The summed E-state index contributed by atoms with van der Waals surface area (Å²) in [5, 5.41) is 5.19. The molecule has 1 atom stereocenters. The summed E-state index contributed by atoms with van der Waals surface area (Å²) in [5.41, 5.74) is 2.77. The molecule has 0 saturated carbocycles. The van der Waals surface area contributed by atoms with Gasteiger partial charge in [-0.25, -0.2) is 9.37 Å². The monoisotopic (exact) mass is 508 g/mol. The molecule has 202 valence electrons. The lowest BCUT2D eigenvalue weighted by Gasteiger charge is -2.35. The van der Waals surface area contributed by atoms with Gasteiger partial charge in [-0.05, 0) is 61.0 Å². The number of halogens is 1. The van der Waals surface area contributed by atoms with Crippen LogP contribution in [0.1, 0.15) is 34.2 Å². The number of nitrogens with one attached hydrogen (secondary N) is 1. The number of rotatable bonds is 8. The molecule has 7 heteroatoms. The zero-order valence-corrected chi connectivity index (χ0v) is 22.1. The van der Waals surface area contributed by atoms with Crippen LogP contribution in [-0.2, 0) is 0 Å². The van der Waals surface area contributed by atoms with E-state index in [1.54, 1.807) is 18.3 Å². The van der Waals surface area contributed by atoms with Crippen LogP contribution in [0, 0.1) is 11.7 Å². The topological polar surface area (TPSA) is 47.0 Å². The second-order valence-corrected chi connectivity index (χ2v) is 10.1. The number of piperazine rings is 1. The SMILES string of the molecule is C.C=C/C(=C\N(C)C)c1cc2cc(NCCCC3=CC(N4CCN(C)CC4)=NCC3C)ncc2cc1F.[HH]. The fourth-order valence-corrected chi connectivity index (χ4v) is 4.75. The molecule has 1 saturated heterocycles. The molecule has 0 amide bonds. The molecule has 0 spiro atoms. The van der Waals surface area contributed by atoms with Crippen LogP contribution in [-0.4, -0.2) is 85.9 Å². The van der Waals surface area contributed by atoms with Gasteiger partial charge in [0.2, 0.25) is 0 Å². The van der Waals surface area contributed by atoms with Crippen LogP contribution in [0.3, 0.4) is 0 Å². The van der Waals surface area contributed by atoms with Crippen molar-refractivity contribution < 1.29 is 5.82 Å². The standard InChI is InChI=1S/C29H39FN6.CH4.H2/c1-6-22(20-34(3)4)26-14-24-16-28(32-19-25(24)15-27(26)30)31-9-7-8-23-17-29(33-18-21(23)2)36-12-10-35(5)11-13-36;;/h6,14-17,19-21H,1,7-13,18H2,2-5H3,(H,31,32);1H4;1H/b22-20+;;. The molecule has 4 rings (SSSR count). The Morgan fingerprint density at radius 3 is 2.68 bits per heavy atom. The van der Waals surface area contributed by atoms with Gasteiger partial charge in [0.05, 0.1) is 0 Å². The van der Waals surface area contributed by atoms with Crippen molar-refractivity contribution >= 4 is 28.0 Å². The number of dihydropyridines is 1. The molecule has 0 radical (unpaired) electrons. The summed E-state index contributed by atoms with van der Waals surface area (Å²) in [7, 11) is 6.01. The predicted molar refractivity (Wildman–Crippen MR) is 159 cm³/mol. The number of benzene rings is 1. The van der Waals surface area contributed by atoms with Gasteiger partial charge >= 0.3 is 0 Å². The molecular weight excluding hydrogens is 463 g/mol. The van der Waals surface area contributed by atoms with E-state index in [1.165, 1.54) is 5.57 Å². The highest BCUT2D eigenvalue weighted by Gasteiger charge is 2.21. The Balaban J connectivity index is 0.00000253. The van der Waals surface area contributed by atoms with Gasteiger partial charge < -0.3 is 20.0 Å². The van der Waals surface area contributed by atoms with E-state index in [1.807, 2.05) is 37.3 Å². The lowest BCUT2D eigenvalue weighted by Crippen LogP contribution is -2.47. The first kappa shape index (κ1) is 28.4. The molecule has 6 nitrogen and oxygen atoms in total. The number of fused-ring (bicyclic) bond motifs is 1. The number of pyridine rings is 1. The van der Waals surface area contributed by atoms with E-state index in [-0.39, 0.29) is 14.7 Å². The van der Waals surface area contributed by atoms with Crippen LogP contribution >= 0.6 is 0 Å². The maximum atomic E-state index is 14.8. The first-order valence-corrected chi connectivity index (χ1v) is 12.9. The van der Waals surface area contributed by atoms with Crippen LogP contribution in [0.15, 0.2) is 59.9 Å². The molecule has 1 aromatic heterocycles. The van der Waals surface area contributed by atoms with Crippen molar-refractivity contribution in [3.8, 4) is 0 Å². The molecule has 37 heavy (non-hydrogen) atoms. The summed E-state index contributed by atoms with van der Waals surface area (Å²) < 4.78 is 14.8. The van der Waals surface area contributed by atoms with Gasteiger partial charge in [0.15, 0.2) is 0 Å². The summed E-state index contributed by atoms with van der Waals surface area (Å²) in [6.45, 7) is 12.1. The van der Waals surface area contributed by atoms with E-state index < -0.39 is 0 Å². The maximum absolute atomic E-state index is 14.8. The van der Waals surface area contributed by atoms with E-state index in [9.17, 15) is 4.39 Å². The Bertz CT molecular complexity index is 1180. The van der Waals surface area contributed by atoms with Crippen LogP contribution in [0.4, 0.5) is 10.2 Å². The zero-order chi connectivity index (χ0) is 25.7. The quantitative estimate of drug-likeness (QED) is 0.363. The van der Waals surface area contributed by atoms with Gasteiger partial charge in [0.25, 0.3) is 0 Å². The van der Waals surface area contributed by atoms with E-state index >= 15 is 0 Å². The zero-order valence-electron chi connectivity index (χ0n) is 22.1. The van der Waals surface area contributed by atoms with Crippen LogP contribution < -0.4 is 5.32 Å². The molecule has 1 unspecified atom stereocenters. The summed E-state index contributed by atoms with van der Waals surface area (Å²) in [5.74, 6) is 2.18. The number of aromatic nitrogens is 1. The van der Waals surface area contributed by atoms with Gasteiger partial charge in [0, 0.05) is 78.1 Å². The van der Waals surface area contributed by atoms with Crippen LogP contribution in [0.2, 0.25) is 0 Å². The summed E-state index contributed by atoms with van der Waals surface area (Å²) in [6.07, 6.45) is 9.68. The minimum absolute atomic E-state index is 0. The average Bonchev–Trinajstić information content (AvgIpc) is 2.86. The fraction of sp³-hybridized carbons (Fsp3) is 0.467. The Morgan fingerprint density at radius 1 is 1.22 bits per heavy atom. The number of aliphatic imine (C=N–C) groups is 1. The molecule has 0 bridgehead atoms. The molecule has 2 aliphatic heterocycles. The molecule has 1 aromatic carbocycles. The largest absolute Gasteiger partial charge is 0.383 e. The van der Waals surface area contributed by atoms with Gasteiger partial charge in [-0.15, -0.1) is 0 Å². The Kier molecular flexibility index (Phi) is 9.86. The van der Waals surface area contributed by atoms with E-state index in [0.717, 1.165) is 80.1 Å². The lowest BCUT2D eigenvalue weighted by atomic mass is 9.94. The summed E-state index contributed by atoms with van der Waals surface area (Å²) in [6, 6.07) is 5.42. The maximum Gasteiger partial charge on any atom is 0.131 e. The molecule has 0 aliphatic carbocycles. The Morgan fingerprint density at radius 2 is 1.97 bits per heavy atom. The van der Waals surface area contributed by atoms with E-state index in [0.29, 0.717) is 11.5 Å². The van der Waals surface area contributed by atoms with Crippen molar-refractivity contribution in [3.63, 3.8) is 0 Å². The van der Waals surface area contributed by atoms with Gasteiger partial charge in [-0.2, -0.15) is 0 Å². The highest BCUT2D eigenvalue weighted by Crippen LogP contribution is 2.27. The van der Waals surface area contributed by atoms with Crippen molar-refractivity contribution in [1.29, 1.82) is 0 Å². The smallest absolute Gasteiger partial charge is 0.131 e. The van der Waals surface area contributed by atoms with Crippen molar-refractivity contribution in [2.24, 2.45) is 10.9 Å². The Hall–Kier alpha value is -3.19. The summed E-state index contributed by atoms with van der Waals surface area (Å²) in [4.78, 5) is 16.0. The van der Waals surface area contributed by atoms with Crippen molar-refractivity contribution in [3.05, 3.63) is 66.3 Å². The minimum Gasteiger partial charge on any atom is -0.383 e. The number of likely N-dealkylation sites (N-methyl/N-ethyl adjacent to an activating group) is 1. The van der Waals surface area contributed by atoms with Gasteiger partial charge in [-0.1, -0.05) is 32.6 Å². The number of nitrogens with zero attached hydrogens (tertiary/aromatic N) is 5. The molecule has 1 N–H and O–H groups in total. The second-order valence-electron chi connectivity index (χ2n) is 10.1. The van der Waals surface area contributed by atoms with Crippen LogP contribution in [0.25, 0.3) is 16.3 Å². The molecule has 2 aromatic rings. The number of hydrogen-bond acceptors (Lipinski definition) is 6. The average molecular weight is 509 g/mol. The molecule has 3 heterocycles. The third-order valence-corrected chi connectivity index (χ3v) is 6.99. The fourth-order valence-electron chi connectivity index (χ4n) is 4.75. The number of anilines is 1.